The summed E-state index contributed by atoms with van der Waals surface area (Å²) in [5, 5.41) is 22.4. The second-order valence-corrected chi connectivity index (χ2v) is 4.90. The molecule has 0 amide bonds. The minimum absolute atomic E-state index is 0.118. The van der Waals surface area contributed by atoms with Crippen molar-refractivity contribution in [2.24, 2.45) is 0 Å². The second kappa shape index (κ2) is 7.43. The molecule has 0 aromatic heterocycles. The summed E-state index contributed by atoms with van der Waals surface area (Å²) in [5.41, 5.74) is -0.766. The van der Waals surface area contributed by atoms with Crippen molar-refractivity contribution >= 4 is 0 Å². The number of aliphatic hydroxyl groups excluding tert-OH is 1. The Morgan fingerprint density at radius 2 is 2.00 bits per heavy atom. The van der Waals surface area contributed by atoms with Crippen molar-refractivity contribution in [3.8, 4) is 5.75 Å². The monoisotopic (exact) mass is 271 g/mol. The van der Waals surface area contributed by atoms with Crippen LogP contribution >= 0.6 is 0 Å². The number of halogens is 1. The molecule has 0 saturated heterocycles. The van der Waals surface area contributed by atoms with Crippen molar-refractivity contribution in [3.63, 3.8) is 0 Å². The van der Waals surface area contributed by atoms with Gasteiger partial charge in [-0.2, -0.15) is 0 Å². The van der Waals surface area contributed by atoms with E-state index < -0.39 is 11.7 Å². The molecule has 0 heterocycles. The molecular weight excluding hydrogens is 249 g/mol. The van der Waals surface area contributed by atoms with E-state index in [4.69, 9.17) is 4.74 Å². The van der Waals surface area contributed by atoms with Crippen LogP contribution in [0.15, 0.2) is 24.3 Å². The molecule has 2 unspecified atom stereocenters. The lowest BCUT2D eigenvalue weighted by atomic mass is 10.0. The normalized spacial score (nSPS) is 15.8. The van der Waals surface area contributed by atoms with Gasteiger partial charge in [-0.05, 0) is 37.6 Å². The first-order valence-electron chi connectivity index (χ1n) is 6.42. The Balaban J connectivity index is 2.21. The fraction of sp³-hybridized carbons (Fsp3) is 0.571. The zero-order valence-corrected chi connectivity index (χ0v) is 11.4. The Morgan fingerprint density at radius 3 is 2.58 bits per heavy atom. The summed E-state index contributed by atoms with van der Waals surface area (Å²) >= 11 is 0. The van der Waals surface area contributed by atoms with Crippen LogP contribution in [0.4, 0.5) is 4.39 Å². The minimum Gasteiger partial charge on any atom is -0.491 e. The van der Waals surface area contributed by atoms with Gasteiger partial charge in [0.15, 0.2) is 0 Å². The number of hydrogen-bond acceptors (Lipinski definition) is 4. The van der Waals surface area contributed by atoms with E-state index in [9.17, 15) is 14.6 Å². The average molecular weight is 271 g/mol. The lowest BCUT2D eigenvalue weighted by Crippen LogP contribution is -2.41. The Hall–Kier alpha value is -1.17. The molecular formula is C14H22FNO3. The third kappa shape index (κ3) is 6.52. The molecule has 0 bridgehead atoms. The fourth-order valence-corrected chi connectivity index (χ4v) is 1.42. The molecule has 2 atom stereocenters. The van der Waals surface area contributed by atoms with E-state index in [1.807, 2.05) is 6.92 Å². The first kappa shape index (κ1) is 15.9. The van der Waals surface area contributed by atoms with Gasteiger partial charge in [-0.1, -0.05) is 6.92 Å². The van der Waals surface area contributed by atoms with Crippen LogP contribution in [0.2, 0.25) is 0 Å². The Bertz CT molecular complexity index is 367. The molecule has 0 radical (unpaired) electrons. The largest absolute Gasteiger partial charge is 0.491 e. The van der Waals surface area contributed by atoms with Gasteiger partial charge in [0.05, 0.1) is 5.60 Å². The average Bonchev–Trinajstić information content (AvgIpc) is 2.38. The predicted molar refractivity (Wildman–Crippen MR) is 71.7 cm³/mol. The standard InChI is InChI=1S/C14H22FNO3/c1-3-14(2,18)10-16-8-12(17)9-19-13-6-4-11(15)5-7-13/h4-7,12,16-18H,3,8-10H2,1-2H3. The topological polar surface area (TPSA) is 61.7 Å². The third-order valence-corrected chi connectivity index (χ3v) is 2.90. The second-order valence-electron chi connectivity index (χ2n) is 4.90. The van der Waals surface area contributed by atoms with Crippen LogP contribution in [-0.4, -0.2) is 41.6 Å². The van der Waals surface area contributed by atoms with Crippen molar-refractivity contribution in [2.75, 3.05) is 19.7 Å². The maximum atomic E-state index is 12.7. The van der Waals surface area contributed by atoms with Crippen LogP contribution in [0.25, 0.3) is 0 Å². The van der Waals surface area contributed by atoms with E-state index in [1.165, 1.54) is 24.3 Å². The number of hydrogen-bond donors (Lipinski definition) is 3. The minimum atomic E-state index is -0.766. The summed E-state index contributed by atoms with van der Waals surface area (Å²) in [6.07, 6.45) is -0.0416. The number of benzene rings is 1. The molecule has 1 aromatic rings. The fourth-order valence-electron chi connectivity index (χ4n) is 1.42. The number of ether oxygens (including phenoxy) is 1. The number of aliphatic hydroxyl groups is 2. The molecule has 108 valence electrons. The van der Waals surface area contributed by atoms with Crippen LogP contribution in [-0.2, 0) is 0 Å². The highest BCUT2D eigenvalue weighted by Gasteiger charge is 2.17. The zero-order chi connectivity index (χ0) is 14.3. The van der Waals surface area contributed by atoms with E-state index >= 15 is 0 Å². The summed E-state index contributed by atoms with van der Waals surface area (Å²) in [6, 6.07) is 5.63. The molecule has 5 heteroatoms. The van der Waals surface area contributed by atoms with Gasteiger partial charge in [-0.3, -0.25) is 0 Å². The van der Waals surface area contributed by atoms with Crippen molar-refractivity contribution in [3.05, 3.63) is 30.1 Å². The molecule has 0 aliphatic rings. The molecule has 19 heavy (non-hydrogen) atoms. The van der Waals surface area contributed by atoms with E-state index in [-0.39, 0.29) is 12.4 Å². The Labute approximate surface area is 113 Å². The molecule has 0 spiro atoms. The molecule has 0 aliphatic carbocycles. The van der Waals surface area contributed by atoms with Gasteiger partial charge in [-0.15, -0.1) is 0 Å². The van der Waals surface area contributed by atoms with Crippen LogP contribution < -0.4 is 10.1 Å². The summed E-state index contributed by atoms with van der Waals surface area (Å²) in [7, 11) is 0. The highest BCUT2D eigenvalue weighted by molar-refractivity contribution is 5.22. The van der Waals surface area contributed by atoms with Gasteiger partial charge in [0.1, 0.15) is 24.3 Å². The summed E-state index contributed by atoms with van der Waals surface area (Å²) in [5.74, 6) is 0.192. The van der Waals surface area contributed by atoms with E-state index in [2.05, 4.69) is 5.32 Å². The smallest absolute Gasteiger partial charge is 0.123 e. The summed E-state index contributed by atoms with van der Waals surface area (Å²) in [4.78, 5) is 0. The molecule has 0 aliphatic heterocycles. The van der Waals surface area contributed by atoms with Crippen LogP contribution in [0, 0.1) is 5.82 Å². The first-order valence-corrected chi connectivity index (χ1v) is 6.42. The molecule has 1 aromatic carbocycles. The van der Waals surface area contributed by atoms with Crippen molar-refractivity contribution in [2.45, 2.75) is 32.0 Å². The summed E-state index contributed by atoms with van der Waals surface area (Å²) in [6.45, 7) is 4.50. The van der Waals surface area contributed by atoms with E-state index in [1.54, 1.807) is 6.92 Å². The van der Waals surface area contributed by atoms with Crippen molar-refractivity contribution < 1.29 is 19.3 Å². The van der Waals surface area contributed by atoms with E-state index in [0.29, 0.717) is 25.3 Å². The lowest BCUT2D eigenvalue weighted by molar-refractivity contribution is 0.0476. The van der Waals surface area contributed by atoms with Crippen molar-refractivity contribution in [1.82, 2.24) is 5.32 Å². The molecule has 4 nitrogen and oxygen atoms in total. The quantitative estimate of drug-likeness (QED) is 0.667. The molecule has 0 fully saturated rings. The number of nitrogens with one attached hydrogen (secondary N) is 1. The van der Waals surface area contributed by atoms with Gasteiger partial charge in [0.25, 0.3) is 0 Å². The molecule has 0 saturated carbocycles. The highest BCUT2D eigenvalue weighted by atomic mass is 19.1. The zero-order valence-electron chi connectivity index (χ0n) is 11.4. The predicted octanol–water partition coefficient (Wildman–Crippen LogP) is 1.32. The molecule has 1 rings (SSSR count). The SMILES string of the molecule is CCC(C)(O)CNCC(O)COc1ccc(F)cc1. The van der Waals surface area contributed by atoms with Gasteiger partial charge in [-0.25, -0.2) is 4.39 Å². The van der Waals surface area contributed by atoms with Crippen molar-refractivity contribution in [1.29, 1.82) is 0 Å². The Kier molecular flexibility index (Phi) is 6.21. The van der Waals surface area contributed by atoms with Crippen LogP contribution in [0.5, 0.6) is 5.75 Å². The van der Waals surface area contributed by atoms with Gasteiger partial charge >= 0.3 is 0 Å². The number of rotatable bonds is 8. The third-order valence-electron chi connectivity index (χ3n) is 2.90. The maximum absolute atomic E-state index is 12.7. The molecule has 3 N–H and O–H groups in total. The van der Waals surface area contributed by atoms with Gasteiger partial charge in [0.2, 0.25) is 0 Å². The van der Waals surface area contributed by atoms with Crippen LogP contribution in [0.3, 0.4) is 0 Å². The maximum Gasteiger partial charge on any atom is 0.123 e. The summed E-state index contributed by atoms with van der Waals surface area (Å²) < 4.78 is 18.0. The van der Waals surface area contributed by atoms with Crippen LogP contribution in [0.1, 0.15) is 20.3 Å². The highest BCUT2D eigenvalue weighted by Crippen LogP contribution is 2.11. The first-order chi connectivity index (χ1) is 8.93. The lowest BCUT2D eigenvalue weighted by Gasteiger charge is -2.22. The van der Waals surface area contributed by atoms with Gasteiger partial charge < -0.3 is 20.3 Å². The van der Waals surface area contributed by atoms with Gasteiger partial charge in [0, 0.05) is 13.1 Å². The Morgan fingerprint density at radius 1 is 1.37 bits per heavy atom. The van der Waals surface area contributed by atoms with E-state index in [0.717, 1.165) is 0 Å².